The first kappa shape index (κ1) is 31.4. The monoisotopic (exact) mass is 675 g/mol. The van der Waals surface area contributed by atoms with Gasteiger partial charge in [0.05, 0.1) is 10.3 Å². The van der Waals surface area contributed by atoms with Gasteiger partial charge in [0.1, 0.15) is 0 Å². The lowest BCUT2D eigenvalue weighted by Gasteiger charge is -2.28. The average molecular weight is 676 g/mol. The molecule has 8 rings (SSSR count). The van der Waals surface area contributed by atoms with Gasteiger partial charge in [0.15, 0.2) is 11.6 Å². The van der Waals surface area contributed by atoms with Crippen LogP contribution in [0.4, 0.5) is 17.1 Å². The zero-order chi connectivity index (χ0) is 34.2. The molecular formula is C44H37NO2S2. The van der Waals surface area contributed by atoms with Crippen molar-refractivity contribution in [3.63, 3.8) is 0 Å². The maximum absolute atomic E-state index is 13.4. The summed E-state index contributed by atoms with van der Waals surface area (Å²) in [5.74, 6) is -0.383. The maximum atomic E-state index is 13.4. The fourth-order valence-electron chi connectivity index (χ4n) is 6.72. The van der Waals surface area contributed by atoms with E-state index in [0.717, 1.165) is 37.4 Å². The summed E-state index contributed by atoms with van der Waals surface area (Å²) in [5.41, 5.74) is 7.32. The Hall–Kier alpha value is -4.84. The van der Waals surface area contributed by atoms with Gasteiger partial charge in [0, 0.05) is 47.9 Å². The van der Waals surface area contributed by atoms with Crippen molar-refractivity contribution < 1.29 is 9.59 Å². The number of anilines is 3. The first-order valence-corrected chi connectivity index (χ1v) is 18.3. The van der Waals surface area contributed by atoms with E-state index in [1.54, 1.807) is 28.7 Å². The molecule has 2 heterocycles. The molecule has 0 fully saturated rings. The topological polar surface area (TPSA) is 37.4 Å². The predicted octanol–water partition coefficient (Wildman–Crippen LogP) is 12.8. The highest BCUT2D eigenvalue weighted by Crippen LogP contribution is 2.44. The van der Waals surface area contributed by atoms with E-state index >= 15 is 0 Å². The molecule has 0 aliphatic heterocycles. The van der Waals surface area contributed by atoms with Crippen LogP contribution in [0.2, 0.25) is 0 Å². The number of hydrogen-bond donors (Lipinski definition) is 0. The molecule has 0 saturated carbocycles. The number of Topliss-reactive ketones (excluding diaryl/α,β-unsaturated/α-hetero) is 2. The fraction of sp³-hybridized carbons (Fsp3) is 0.182. The summed E-state index contributed by atoms with van der Waals surface area (Å²) in [6, 6.07) is 38.2. The normalized spacial score (nSPS) is 13.6. The van der Waals surface area contributed by atoms with Gasteiger partial charge in [-0.2, -0.15) is 0 Å². The molecule has 242 valence electrons. The van der Waals surface area contributed by atoms with E-state index in [1.807, 2.05) is 36.4 Å². The molecule has 0 spiro atoms. The summed E-state index contributed by atoms with van der Waals surface area (Å²) in [6.45, 7) is 13.5. The Labute approximate surface area is 295 Å². The number of rotatable bonds is 4. The van der Waals surface area contributed by atoms with Gasteiger partial charge < -0.3 is 4.90 Å². The summed E-state index contributed by atoms with van der Waals surface area (Å²) >= 11 is 3.39. The maximum Gasteiger partial charge on any atom is 0.197 e. The molecule has 0 N–H and O–H groups in total. The number of fused-ring (bicyclic) bond motifs is 5. The number of carbonyl (C=O) groups excluding carboxylic acids is 2. The summed E-state index contributed by atoms with van der Waals surface area (Å²) in [4.78, 5) is 30.1. The van der Waals surface area contributed by atoms with Crippen molar-refractivity contribution in [3.05, 3.63) is 142 Å². The second-order valence-electron chi connectivity index (χ2n) is 15.0. The Balaban J connectivity index is 1.16. The molecule has 7 aromatic rings. The molecule has 0 bridgehead atoms. The van der Waals surface area contributed by atoms with Crippen LogP contribution in [0.1, 0.15) is 78.3 Å². The predicted molar refractivity (Wildman–Crippen MR) is 210 cm³/mol. The highest BCUT2D eigenvalue weighted by molar-refractivity contribution is 7.33. The van der Waals surface area contributed by atoms with E-state index < -0.39 is 0 Å². The molecule has 5 aromatic carbocycles. The van der Waals surface area contributed by atoms with Crippen LogP contribution in [0, 0.1) is 0 Å². The number of allylic oxidation sites excluding steroid dienone is 1. The van der Waals surface area contributed by atoms with Crippen molar-refractivity contribution in [1.29, 1.82) is 0 Å². The first-order chi connectivity index (χ1) is 23.3. The number of ketones is 2. The molecule has 49 heavy (non-hydrogen) atoms. The third kappa shape index (κ3) is 5.51. The van der Waals surface area contributed by atoms with Crippen LogP contribution in [0.15, 0.2) is 115 Å². The zero-order valence-electron chi connectivity index (χ0n) is 28.5. The Kier molecular flexibility index (Phi) is 7.29. The van der Waals surface area contributed by atoms with Crippen LogP contribution in [0.5, 0.6) is 0 Å². The lowest BCUT2D eigenvalue weighted by molar-refractivity contribution is 0.0990. The third-order valence-electron chi connectivity index (χ3n) is 9.54. The van der Waals surface area contributed by atoms with Gasteiger partial charge in [-0.1, -0.05) is 96.1 Å². The molecule has 5 heteroatoms. The van der Waals surface area contributed by atoms with Crippen molar-refractivity contribution >= 4 is 87.6 Å². The highest BCUT2D eigenvalue weighted by atomic mass is 32.1. The van der Waals surface area contributed by atoms with Gasteiger partial charge in [-0.3, -0.25) is 9.59 Å². The number of hydrogen-bond acceptors (Lipinski definition) is 5. The van der Waals surface area contributed by atoms with E-state index in [1.165, 1.54) is 25.9 Å². The van der Waals surface area contributed by atoms with Crippen molar-refractivity contribution in [1.82, 2.24) is 0 Å². The molecule has 0 radical (unpaired) electrons. The third-order valence-corrected chi connectivity index (χ3v) is 11.9. The van der Waals surface area contributed by atoms with Crippen molar-refractivity contribution in [2.75, 3.05) is 4.90 Å². The molecule has 0 saturated heterocycles. The number of carbonyl (C=O) groups is 2. The molecule has 1 aliphatic carbocycles. The van der Waals surface area contributed by atoms with E-state index in [2.05, 4.69) is 119 Å². The van der Waals surface area contributed by atoms with E-state index in [9.17, 15) is 9.59 Å². The standard InChI is InChI=1S/C44H37NO2S2/c1-43(2,3)28-11-15-30(16-12-28)45(31-17-13-29(14-18-31)44(4,5)6)32-19-20-34-38(23-32)49-39-25-33(48-42(34)39)24-37-40(46)35-21-26-9-7-8-10-27(26)22-36(35)41(37)47/h7-25H,1-6H3. The average Bonchev–Trinajstić information content (AvgIpc) is 3.69. The lowest BCUT2D eigenvalue weighted by Crippen LogP contribution is -2.14. The first-order valence-electron chi connectivity index (χ1n) is 16.7. The quantitative estimate of drug-likeness (QED) is 0.138. The van der Waals surface area contributed by atoms with Crippen molar-refractivity contribution in [2.45, 2.75) is 52.4 Å². The van der Waals surface area contributed by atoms with Crippen LogP contribution in [0.25, 0.3) is 36.3 Å². The summed E-state index contributed by atoms with van der Waals surface area (Å²) in [6.07, 6.45) is 1.79. The summed E-state index contributed by atoms with van der Waals surface area (Å²) in [7, 11) is 0. The van der Waals surface area contributed by atoms with Crippen LogP contribution in [-0.2, 0) is 10.8 Å². The van der Waals surface area contributed by atoms with Crippen molar-refractivity contribution in [2.24, 2.45) is 0 Å². The van der Waals surface area contributed by atoms with Crippen LogP contribution >= 0.6 is 22.7 Å². The smallest absolute Gasteiger partial charge is 0.197 e. The van der Waals surface area contributed by atoms with Gasteiger partial charge in [0.2, 0.25) is 0 Å². The van der Waals surface area contributed by atoms with Crippen LogP contribution in [-0.4, -0.2) is 11.6 Å². The molecule has 0 amide bonds. The van der Waals surface area contributed by atoms with Gasteiger partial charge in [0.25, 0.3) is 0 Å². The molecule has 3 nitrogen and oxygen atoms in total. The number of thiophene rings is 2. The Morgan fingerprint density at radius 2 is 1.06 bits per heavy atom. The lowest BCUT2D eigenvalue weighted by atomic mass is 9.86. The van der Waals surface area contributed by atoms with Crippen LogP contribution < -0.4 is 4.90 Å². The molecule has 2 aromatic heterocycles. The minimum Gasteiger partial charge on any atom is -0.310 e. The molecule has 0 unspecified atom stereocenters. The van der Waals surface area contributed by atoms with Gasteiger partial charge in [-0.25, -0.2) is 0 Å². The van der Waals surface area contributed by atoms with E-state index in [0.29, 0.717) is 11.1 Å². The largest absolute Gasteiger partial charge is 0.310 e. The minimum atomic E-state index is -0.192. The number of benzene rings is 5. The van der Waals surface area contributed by atoms with Crippen LogP contribution in [0.3, 0.4) is 0 Å². The second-order valence-corrected chi connectivity index (χ2v) is 17.2. The van der Waals surface area contributed by atoms with Gasteiger partial charge in [-0.15, -0.1) is 22.7 Å². The minimum absolute atomic E-state index is 0.0745. The van der Waals surface area contributed by atoms with Crippen molar-refractivity contribution in [3.8, 4) is 0 Å². The fourth-order valence-corrected chi connectivity index (χ4v) is 9.23. The number of nitrogens with zero attached hydrogens (tertiary/aromatic N) is 1. The van der Waals surface area contributed by atoms with E-state index in [4.69, 9.17) is 0 Å². The Morgan fingerprint density at radius 3 is 1.57 bits per heavy atom. The molecule has 1 aliphatic rings. The second kappa shape index (κ2) is 11.4. The Morgan fingerprint density at radius 1 is 0.551 bits per heavy atom. The van der Waals surface area contributed by atoms with Gasteiger partial charge in [-0.05, 0) is 93.4 Å². The van der Waals surface area contributed by atoms with E-state index in [-0.39, 0.29) is 28.0 Å². The molecule has 0 atom stereocenters. The zero-order valence-corrected chi connectivity index (χ0v) is 30.2. The highest BCUT2D eigenvalue weighted by Gasteiger charge is 2.33. The van der Waals surface area contributed by atoms with Gasteiger partial charge >= 0.3 is 0 Å². The summed E-state index contributed by atoms with van der Waals surface area (Å²) in [5, 5.41) is 3.12. The Bertz CT molecular complexity index is 2370. The molecular weight excluding hydrogens is 639 g/mol. The SMILES string of the molecule is CC(C)(C)c1ccc(N(c2ccc(C(C)(C)C)cc2)c2ccc3c(c2)sc2cc(C=C4C(=O)c5cc6ccccc6cc5C4=O)sc23)cc1. The summed E-state index contributed by atoms with van der Waals surface area (Å²) < 4.78 is 3.53.